The Morgan fingerprint density at radius 3 is 2.56 bits per heavy atom. The zero-order valence-electron chi connectivity index (χ0n) is 12.4. The number of hydrogen-bond donors (Lipinski definition) is 1. The molecule has 0 unspecified atom stereocenters. The number of ether oxygens (including phenoxy) is 1. The van der Waals surface area contributed by atoms with Crippen LogP contribution in [0.5, 0.6) is 0 Å². The molecule has 1 heterocycles. The maximum Gasteiger partial charge on any atom is 0.0593 e. The fourth-order valence-electron chi connectivity index (χ4n) is 3.42. The summed E-state index contributed by atoms with van der Waals surface area (Å²) in [6.07, 6.45) is 6.92. The summed E-state index contributed by atoms with van der Waals surface area (Å²) < 4.78 is 5.54. The molecular formula is C15H30N2O. The van der Waals surface area contributed by atoms with Gasteiger partial charge in [-0.05, 0) is 33.6 Å². The third-order valence-electron chi connectivity index (χ3n) is 4.77. The van der Waals surface area contributed by atoms with Gasteiger partial charge in [0, 0.05) is 37.3 Å². The molecule has 106 valence electrons. The maximum absolute atomic E-state index is 5.54. The van der Waals surface area contributed by atoms with E-state index in [1.165, 1.54) is 38.6 Å². The summed E-state index contributed by atoms with van der Waals surface area (Å²) in [5.74, 6) is 0. The van der Waals surface area contributed by atoms with E-state index < -0.39 is 0 Å². The average Bonchev–Trinajstić information content (AvgIpc) is 2.36. The molecule has 0 atom stereocenters. The Labute approximate surface area is 112 Å². The molecule has 0 aromatic heterocycles. The molecule has 1 N–H and O–H groups in total. The largest absolute Gasteiger partial charge is 0.380 e. The molecule has 3 nitrogen and oxygen atoms in total. The van der Waals surface area contributed by atoms with Gasteiger partial charge >= 0.3 is 0 Å². The molecule has 1 saturated carbocycles. The first-order chi connectivity index (χ1) is 8.58. The van der Waals surface area contributed by atoms with E-state index in [1.54, 1.807) is 0 Å². The minimum Gasteiger partial charge on any atom is -0.380 e. The van der Waals surface area contributed by atoms with Crippen molar-refractivity contribution in [3.63, 3.8) is 0 Å². The molecule has 0 aromatic carbocycles. The van der Waals surface area contributed by atoms with E-state index in [1.807, 2.05) is 0 Å². The lowest BCUT2D eigenvalue weighted by Gasteiger charge is -2.53. The predicted octanol–water partition coefficient (Wildman–Crippen LogP) is 2.41. The van der Waals surface area contributed by atoms with Gasteiger partial charge in [0.05, 0.1) is 6.61 Å². The van der Waals surface area contributed by atoms with E-state index >= 15 is 0 Å². The van der Waals surface area contributed by atoms with Gasteiger partial charge in [-0.25, -0.2) is 0 Å². The van der Waals surface area contributed by atoms with Gasteiger partial charge in [0.25, 0.3) is 0 Å². The average molecular weight is 254 g/mol. The van der Waals surface area contributed by atoms with E-state index in [-0.39, 0.29) is 5.54 Å². The molecule has 0 radical (unpaired) electrons. The molecule has 18 heavy (non-hydrogen) atoms. The maximum atomic E-state index is 5.54. The second-order valence-electron chi connectivity index (χ2n) is 6.63. The molecule has 0 bridgehead atoms. The fourth-order valence-corrected chi connectivity index (χ4v) is 3.42. The molecule has 0 amide bonds. The van der Waals surface area contributed by atoms with Gasteiger partial charge < -0.3 is 10.1 Å². The number of nitrogens with zero attached hydrogens (tertiary/aromatic N) is 1. The van der Waals surface area contributed by atoms with E-state index in [2.05, 4.69) is 31.0 Å². The lowest BCUT2D eigenvalue weighted by Crippen LogP contribution is -2.68. The zero-order chi connectivity index (χ0) is 13.1. The van der Waals surface area contributed by atoms with Crippen LogP contribution in [0, 0.1) is 0 Å². The first kappa shape index (κ1) is 14.3. The Morgan fingerprint density at radius 1 is 1.17 bits per heavy atom. The number of rotatable bonds is 4. The fraction of sp³-hybridized carbons (Fsp3) is 1.00. The van der Waals surface area contributed by atoms with Crippen LogP contribution < -0.4 is 5.32 Å². The Hall–Kier alpha value is -0.120. The second-order valence-corrected chi connectivity index (χ2v) is 6.63. The second kappa shape index (κ2) is 5.89. The van der Waals surface area contributed by atoms with Crippen LogP contribution in [0.25, 0.3) is 0 Å². The molecule has 3 heteroatoms. The third kappa shape index (κ3) is 3.25. The molecule has 1 spiro atoms. The predicted molar refractivity (Wildman–Crippen MR) is 76.0 cm³/mol. The van der Waals surface area contributed by atoms with Crippen molar-refractivity contribution in [2.45, 2.75) is 64.0 Å². The lowest BCUT2D eigenvalue weighted by molar-refractivity contribution is -0.00795. The van der Waals surface area contributed by atoms with Crippen molar-refractivity contribution in [2.24, 2.45) is 0 Å². The first-order valence-corrected chi connectivity index (χ1v) is 7.66. The molecule has 2 aliphatic rings. The summed E-state index contributed by atoms with van der Waals surface area (Å²) in [5, 5.41) is 3.86. The van der Waals surface area contributed by atoms with Crippen LogP contribution in [0.4, 0.5) is 0 Å². The van der Waals surface area contributed by atoms with Gasteiger partial charge in [0.15, 0.2) is 0 Å². The van der Waals surface area contributed by atoms with Crippen molar-refractivity contribution in [1.82, 2.24) is 10.2 Å². The van der Waals surface area contributed by atoms with E-state index in [9.17, 15) is 0 Å². The van der Waals surface area contributed by atoms with Crippen molar-refractivity contribution in [3.8, 4) is 0 Å². The van der Waals surface area contributed by atoms with E-state index in [0.717, 1.165) is 26.3 Å². The van der Waals surface area contributed by atoms with Crippen molar-refractivity contribution < 1.29 is 4.74 Å². The lowest BCUT2D eigenvalue weighted by atomic mass is 9.78. The summed E-state index contributed by atoms with van der Waals surface area (Å²) in [5.41, 5.74) is 0.666. The summed E-state index contributed by atoms with van der Waals surface area (Å²) in [6, 6.07) is 0. The SMILES string of the molecule is CCOCCN1CC2(CCCCC2)NCC1(C)C. The Morgan fingerprint density at radius 2 is 1.89 bits per heavy atom. The van der Waals surface area contributed by atoms with Gasteiger partial charge in [-0.1, -0.05) is 19.3 Å². The highest BCUT2D eigenvalue weighted by molar-refractivity contribution is 5.02. The topological polar surface area (TPSA) is 24.5 Å². The molecule has 2 rings (SSSR count). The number of hydrogen-bond acceptors (Lipinski definition) is 3. The molecule has 0 aromatic rings. The van der Waals surface area contributed by atoms with Crippen LogP contribution in [-0.4, -0.2) is 48.8 Å². The van der Waals surface area contributed by atoms with Crippen LogP contribution in [-0.2, 0) is 4.74 Å². The van der Waals surface area contributed by atoms with Crippen molar-refractivity contribution in [2.75, 3.05) is 32.8 Å². The van der Waals surface area contributed by atoms with Crippen LogP contribution >= 0.6 is 0 Å². The number of piperazine rings is 1. The van der Waals surface area contributed by atoms with Crippen LogP contribution in [0.1, 0.15) is 52.9 Å². The van der Waals surface area contributed by atoms with Crippen molar-refractivity contribution >= 4 is 0 Å². The molecule has 1 aliphatic carbocycles. The Bertz CT molecular complexity index is 259. The highest BCUT2D eigenvalue weighted by Crippen LogP contribution is 2.34. The number of nitrogens with one attached hydrogen (secondary N) is 1. The molecule has 2 fully saturated rings. The first-order valence-electron chi connectivity index (χ1n) is 7.66. The summed E-state index contributed by atoms with van der Waals surface area (Å²) in [6.45, 7) is 11.9. The molecule has 1 aliphatic heterocycles. The smallest absolute Gasteiger partial charge is 0.0593 e. The molecule has 1 saturated heterocycles. The zero-order valence-corrected chi connectivity index (χ0v) is 12.4. The van der Waals surface area contributed by atoms with Gasteiger partial charge in [-0.15, -0.1) is 0 Å². The van der Waals surface area contributed by atoms with Gasteiger partial charge in [-0.2, -0.15) is 0 Å². The van der Waals surface area contributed by atoms with Crippen LogP contribution in [0.3, 0.4) is 0 Å². The minimum atomic E-state index is 0.264. The normalized spacial score (nSPS) is 27.5. The van der Waals surface area contributed by atoms with E-state index in [0.29, 0.717) is 5.54 Å². The highest BCUT2D eigenvalue weighted by atomic mass is 16.5. The standard InChI is InChI=1S/C15H30N2O/c1-4-18-11-10-17-13-15(8-6-5-7-9-15)16-12-14(17,2)3/h16H,4-13H2,1-3H3. The quantitative estimate of drug-likeness (QED) is 0.780. The van der Waals surface area contributed by atoms with Crippen LogP contribution in [0.2, 0.25) is 0 Å². The Kier molecular flexibility index (Phi) is 4.68. The van der Waals surface area contributed by atoms with Crippen molar-refractivity contribution in [3.05, 3.63) is 0 Å². The van der Waals surface area contributed by atoms with Crippen molar-refractivity contribution in [1.29, 1.82) is 0 Å². The van der Waals surface area contributed by atoms with Gasteiger partial charge in [-0.3, -0.25) is 4.90 Å². The highest BCUT2D eigenvalue weighted by Gasteiger charge is 2.42. The van der Waals surface area contributed by atoms with Gasteiger partial charge in [0.2, 0.25) is 0 Å². The molecular weight excluding hydrogens is 224 g/mol. The summed E-state index contributed by atoms with van der Waals surface area (Å²) >= 11 is 0. The Balaban J connectivity index is 1.95. The third-order valence-corrected chi connectivity index (χ3v) is 4.77. The summed E-state index contributed by atoms with van der Waals surface area (Å²) in [7, 11) is 0. The van der Waals surface area contributed by atoms with E-state index in [4.69, 9.17) is 4.74 Å². The van der Waals surface area contributed by atoms with Gasteiger partial charge in [0.1, 0.15) is 0 Å². The summed E-state index contributed by atoms with van der Waals surface area (Å²) in [4.78, 5) is 2.64. The van der Waals surface area contributed by atoms with Crippen LogP contribution in [0.15, 0.2) is 0 Å². The monoisotopic (exact) mass is 254 g/mol. The minimum absolute atomic E-state index is 0.264.